The molecule has 2 saturated heterocycles. The van der Waals surface area contributed by atoms with Crippen LogP contribution in [-0.2, 0) is 16.0 Å². The minimum atomic E-state index is -0.478. The smallest absolute Gasteiger partial charge is 0.331 e. The van der Waals surface area contributed by atoms with E-state index < -0.39 is 6.04 Å². The van der Waals surface area contributed by atoms with Gasteiger partial charge >= 0.3 is 12.0 Å². The molecule has 0 aliphatic carbocycles. The summed E-state index contributed by atoms with van der Waals surface area (Å²) in [7, 11) is 0. The molecule has 94 valence electrons. The first-order valence-corrected chi connectivity index (χ1v) is 6.03. The largest absolute Gasteiger partial charge is 0.462 e. The van der Waals surface area contributed by atoms with Gasteiger partial charge in [0.25, 0.3) is 0 Å². The molecule has 2 heterocycles. The van der Waals surface area contributed by atoms with Crippen LogP contribution >= 0.6 is 0 Å². The third-order valence-corrected chi connectivity index (χ3v) is 3.46. The van der Waals surface area contributed by atoms with Crippen LogP contribution in [0, 0.1) is 0 Å². The third kappa shape index (κ3) is 1.81. The van der Waals surface area contributed by atoms with E-state index in [9.17, 15) is 9.59 Å². The molecule has 0 unspecified atom stereocenters. The van der Waals surface area contributed by atoms with Gasteiger partial charge < -0.3 is 15.0 Å². The Balaban J connectivity index is 1.66. The molecule has 0 aromatic heterocycles. The first-order chi connectivity index (χ1) is 8.75. The molecule has 1 aromatic carbocycles. The van der Waals surface area contributed by atoms with Gasteiger partial charge in [-0.2, -0.15) is 0 Å². The zero-order chi connectivity index (χ0) is 12.5. The number of benzene rings is 1. The highest BCUT2D eigenvalue weighted by atomic mass is 16.5. The molecular weight excluding hydrogens is 232 g/mol. The Morgan fingerprint density at radius 1 is 1.28 bits per heavy atom. The molecule has 2 fully saturated rings. The van der Waals surface area contributed by atoms with Gasteiger partial charge in [0, 0.05) is 6.54 Å². The lowest BCUT2D eigenvalue weighted by molar-refractivity contribution is -0.139. The fraction of sp³-hybridized carbons (Fsp3) is 0.385. The van der Waals surface area contributed by atoms with Crippen LogP contribution in [0.25, 0.3) is 0 Å². The lowest BCUT2D eigenvalue weighted by Crippen LogP contribution is -2.38. The second-order valence-corrected chi connectivity index (χ2v) is 4.55. The Morgan fingerprint density at radius 2 is 2.06 bits per heavy atom. The van der Waals surface area contributed by atoms with Gasteiger partial charge in [0.05, 0.1) is 6.04 Å². The molecule has 1 aromatic rings. The molecule has 0 saturated carbocycles. The lowest BCUT2D eigenvalue weighted by Gasteiger charge is -2.20. The summed E-state index contributed by atoms with van der Waals surface area (Å²) in [6.45, 7) is 0.907. The molecule has 5 nitrogen and oxygen atoms in total. The van der Waals surface area contributed by atoms with Crippen LogP contribution in [-0.4, -0.2) is 42.1 Å². The van der Waals surface area contributed by atoms with Crippen LogP contribution in [0.3, 0.4) is 0 Å². The SMILES string of the molecule is O=C1OC[C@H]2[C@@H]1NC(=O)N2CCc1ccccc1. The molecule has 18 heavy (non-hydrogen) atoms. The van der Waals surface area contributed by atoms with Gasteiger partial charge in [-0.1, -0.05) is 30.3 Å². The number of cyclic esters (lactones) is 1. The number of hydrogen-bond acceptors (Lipinski definition) is 3. The quantitative estimate of drug-likeness (QED) is 0.792. The van der Waals surface area contributed by atoms with E-state index in [4.69, 9.17) is 4.74 Å². The molecule has 2 amide bonds. The topological polar surface area (TPSA) is 58.6 Å². The van der Waals surface area contributed by atoms with E-state index in [1.165, 1.54) is 5.56 Å². The van der Waals surface area contributed by atoms with Gasteiger partial charge in [0.15, 0.2) is 6.04 Å². The first-order valence-electron chi connectivity index (χ1n) is 6.03. The highest BCUT2D eigenvalue weighted by molar-refractivity contribution is 5.90. The second-order valence-electron chi connectivity index (χ2n) is 4.55. The summed E-state index contributed by atoms with van der Waals surface area (Å²) in [5, 5.41) is 2.66. The average Bonchev–Trinajstić information content (AvgIpc) is 2.89. The van der Waals surface area contributed by atoms with Crippen molar-refractivity contribution in [1.29, 1.82) is 0 Å². The van der Waals surface area contributed by atoms with E-state index in [-0.39, 0.29) is 18.0 Å². The van der Waals surface area contributed by atoms with Crippen molar-refractivity contribution in [2.75, 3.05) is 13.2 Å². The number of nitrogens with zero attached hydrogens (tertiary/aromatic N) is 1. The van der Waals surface area contributed by atoms with Crippen molar-refractivity contribution >= 4 is 12.0 Å². The summed E-state index contributed by atoms with van der Waals surface area (Å²) in [6, 6.07) is 9.18. The van der Waals surface area contributed by atoms with Gasteiger partial charge in [0.2, 0.25) is 0 Å². The highest BCUT2D eigenvalue weighted by Gasteiger charge is 2.48. The van der Waals surface area contributed by atoms with E-state index in [0.29, 0.717) is 13.2 Å². The van der Waals surface area contributed by atoms with Crippen molar-refractivity contribution in [2.24, 2.45) is 0 Å². The van der Waals surface area contributed by atoms with E-state index in [1.54, 1.807) is 4.90 Å². The summed E-state index contributed by atoms with van der Waals surface area (Å²) in [5.74, 6) is -0.324. The number of fused-ring (bicyclic) bond motifs is 1. The number of amides is 2. The van der Waals surface area contributed by atoms with E-state index in [2.05, 4.69) is 5.32 Å². The number of esters is 1. The summed E-state index contributed by atoms with van der Waals surface area (Å²) in [6.07, 6.45) is 0.783. The number of carbonyl (C=O) groups excluding carboxylic acids is 2. The predicted molar refractivity (Wildman–Crippen MR) is 63.9 cm³/mol. The summed E-state index contributed by atoms with van der Waals surface area (Å²) in [4.78, 5) is 24.8. The zero-order valence-electron chi connectivity index (χ0n) is 9.83. The molecule has 0 bridgehead atoms. The molecule has 0 radical (unpaired) electrons. The maximum absolute atomic E-state index is 11.8. The number of hydrogen-bond donors (Lipinski definition) is 1. The Kier molecular flexibility index (Phi) is 2.66. The van der Waals surface area contributed by atoms with Gasteiger partial charge in [-0.3, -0.25) is 0 Å². The standard InChI is InChI=1S/C13H14N2O3/c16-12-11-10(8-18-12)15(13(17)14-11)7-6-9-4-2-1-3-5-9/h1-5,10-11H,6-8H2,(H,14,17)/t10-,11-/m0/s1. The minimum Gasteiger partial charge on any atom is -0.462 e. The van der Waals surface area contributed by atoms with Crippen LogP contribution in [0.15, 0.2) is 30.3 Å². The second kappa shape index (κ2) is 4.33. The fourth-order valence-corrected chi connectivity index (χ4v) is 2.46. The van der Waals surface area contributed by atoms with Gasteiger partial charge in [-0.05, 0) is 12.0 Å². The lowest BCUT2D eigenvalue weighted by atomic mass is 10.1. The minimum absolute atomic E-state index is 0.145. The molecule has 3 rings (SSSR count). The van der Waals surface area contributed by atoms with Crippen LogP contribution < -0.4 is 5.32 Å². The molecule has 2 atom stereocenters. The fourth-order valence-electron chi connectivity index (χ4n) is 2.46. The summed E-state index contributed by atoms with van der Waals surface area (Å²) < 4.78 is 4.96. The van der Waals surface area contributed by atoms with Crippen LogP contribution in [0.5, 0.6) is 0 Å². The summed E-state index contributed by atoms with van der Waals surface area (Å²) >= 11 is 0. The van der Waals surface area contributed by atoms with Crippen molar-refractivity contribution < 1.29 is 14.3 Å². The van der Waals surface area contributed by atoms with Gasteiger partial charge in [0.1, 0.15) is 6.61 Å². The molecule has 0 spiro atoms. The van der Waals surface area contributed by atoms with Crippen molar-refractivity contribution in [3.8, 4) is 0 Å². The van der Waals surface area contributed by atoms with Crippen molar-refractivity contribution in [3.63, 3.8) is 0 Å². The maximum Gasteiger partial charge on any atom is 0.331 e. The van der Waals surface area contributed by atoms with Gasteiger partial charge in [-0.25, -0.2) is 9.59 Å². The average molecular weight is 246 g/mol. The maximum atomic E-state index is 11.8. The Bertz CT molecular complexity index is 474. The van der Waals surface area contributed by atoms with E-state index in [1.807, 2.05) is 30.3 Å². The number of rotatable bonds is 3. The molecule has 2 aliphatic rings. The van der Waals surface area contributed by atoms with E-state index in [0.717, 1.165) is 6.42 Å². The zero-order valence-corrected chi connectivity index (χ0v) is 9.83. The third-order valence-electron chi connectivity index (χ3n) is 3.46. The number of carbonyl (C=O) groups is 2. The molecule has 5 heteroatoms. The van der Waals surface area contributed by atoms with Crippen LogP contribution in [0.2, 0.25) is 0 Å². The number of ether oxygens (including phenoxy) is 1. The van der Waals surface area contributed by atoms with Crippen molar-refractivity contribution in [1.82, 2.24) is 10.2 Å². The predicted octanol–water partition coefficient (Wildman–Crippen LogP) is 0.548. The van der Waals surface area contributed by atoms with Crippen LogP contribution in [0.4, 0.5) is 4.79 Å². The normalized spacial score (nSPS) is 25.9. The summed E-state index contributed by atoms with van der Waals surface area (Å²) in [5.41, 5.74) is 1.18. The van der Waals surface area contributed by atoms with Gasteiger partial charge in [-0.15, -0.1) is 0 Å². The number of urea groups is 1. The van der Waals surface area contributed by atoms with Crippen molar-refractivity contribution in [2.45, 2.75) is 18.5 Å². The Morgan fingerprint density at radius 3 is 2.83 bits per heavy atom. The van der Waals surface area contributed by atoms with Crippen LogP contribution in [0.1, 0.15) is 5.56 Å². The molecule has 2 aliphatic heterocycles. The highest BCUT2D eigenvalue weighted by Crippen LogP contribution is 2.21. The van der Waals surface area contributed by atoms with E-state index >= 15 is 0 Å². The molecular formula is C13H14N2O3. The Labute approximate surface area is 105 Å². The monoisotopic (exact) mass is 246 g/mol. The Hall–Kier alpha value is -2.04. The first kappa shape index (κ1) is 11.1. The van der Waals surface area contributed by atoms with Crippen molar-refractivity contribution in [3.05, 3.63) is 35.9 Å². The number of nitrogens with one attached hydrogen (secondary N) is 1. The molecule has 1 N–H and O–H groups in total.